The van der Waals surface area contributed by atoms with Crippen molar-refractivity contribution >= 4 is 0 Å². The highest BCUT2D eigenvalue weighted by molar-refractivity contribution is 5.04. The van der Waals surface area contributed by atoms with Crippen LogP contribution in [-0.4, -0.2) is 25.0 Å². The molecule has 0 aromatic rings. The van der Waals surface area contributed by atoms with Crippen molar-refractivity contribution in [3.63, 3.8) is 0 Å². The van der Waals surface area contributed by atoms with E-state index in [2.05, 4.69) is 24.8 Å². The number of nitrogens with zero attached hydrogens (tertiary/aromatic N) is 1. The molecule has 0 aromatic carbocycles. The van der Waals surface area contributed by atoms with Gasteiger partial charge in [-0.25, -0.2) is 0 Å². The molecule has 0 N–H and O–H groups in total. The molecule has 1 saturated heterocycles. The van der Waals surface area contributed by atoms with E-state index < -0.39 is 0 Å². The van der Waals surface area contributed by atoms with Crippen molar-refractivity contribution in [2.75, 3.05) is 20.1 Å². The normalized spacial score (nSPS) is 25.7. The number of likely N-dealkylation sites (tertiary alicyclic amines) is 1. The summed E-state index contributed by atoms with van der Waals surface area (Å²) in [6, 6.07) is 0. The molecular formula is C9H15N. The Kier molecular flexibility index (Phi) is 2.01. The van der Waals surface area contributed by atoms with Gasteiger partial charge in [0, 0.05) is 5.41 Å². The summed E-state index contributed by atoms with van der Waals surface area (Å²) in [6.07, 6.45) is 7.72. The van der Waals surface area contributed by atoms with Gasteiger partial charge in [0.2, 0.25) is 0 Å². The fourth-order valence-electron chi connectivity index (χ4n) is 1.26. The summed E-state index contributed by atoms with van der Waals surface area (Å²) in [5.74, 6) is 2.87. The van der Waals surface area contributed by atoms with Gasteiger partial charge in [-0.2, -0.15) is 0 Å². The van der Waals surface area contributed by atoms with Crippen LogP contribution in [0.2, 0.25) is 0 Å². The van der Waals surface area contributed by atoms with Crippen LogP contribution in [0.5, 0.6) is 0 Å². The van der Waals surface area contributed by atoms with Crippen LogP contribution >= 0.6 is 0 Å². The lowest BCUT2D eigenvalue weighted by molar-refractivity contribution is 0.187. The van der Waals surface area contributed by atoms with Crippen LogP contribution in [0.3, 0.4) is 0 Å². The molecule has 0 saturated carbocycles. The van der Waals surface area contributed by atoms with E-state index >= 15 is 0 Å². The monoisotopic (exact) mass is 137 g/mol. The van der Waals surface area contributed by atoms with E-state index in [4.69, 9.17) is 6.42 Å². The zero-order chi connectivity index (χ0) is 7.61. The summed E-state index contributed by atoms with van der Waals surface area (Å²) in [5, 5.41) is 0. The highest BCUT2D eigenvalue weighted by Gasteiger charge is 2.25. The number of hydrogen-bond acceptors (Lipinski definition) is 1. The van der Waals surface area contributed by atoms with Crippen molar-refractivity contribution in [3.05, 3.63) is 0 Å². The molecule has 1 aliphatic heterocycles. The average Bonchev–Trinajstić information content (AvgIpc) is 1.96. The van der Waals surface area contributed by atoms with E-state index in [-0.39, 0.29) is 5.41 Å². The molecule has 1 heteroatoms. The summed E-state index contributed by atoms with van der Waals surface area (Å²) in [7, 11) is 2.15. The van der Waals surface area contributed by atoms with Crippen LogP contribution in [0.15, 0.2) is 0 Å². The summed E-state index contributed by atoms with van der Waals surface area (Å²) >= 11 is 0. The van der Waals surface area contributed by atoms with Crippen LogP contribution in [0, 0.1) is 17.8 Å². The first kappa shape index (κ1) is 7.63. The van der Waals surface area contributed by atoms with Crippen molar-refractivity contribution < 1.29 is 0 Å². The largest absolute Gasteiger partial charge is 0.306 e. The van der Waals surface area contributed by atoms with Gasteiger partial charge >= 0.3 is 0 Å². The summed E-state index contributed by atoms with van der Waals surface area (Å²) in [5.41, 5.74) is 0.187. The second-order valence-electron chi connectivity index (χ2n) is 3.51. The van der Waals surface area contributed by atoms with Gasteiger partial charge in [0.1, 0.15) is 0 Å². The van der Waals surface area contributed by atoms with Gasteiger partial charge in [-0.1, -0.05) is 0 Å². The van der Waals surface area contributed by atoms with Crippen molar-refractivity contribution in [1.29, 1.82) is 0 Å². The van der Waals surface area contributed by atoms with Crippen LogP contribution in [-0.2, 0) is 0 Å². The Hall–Kier alpha value is -0.480. The molecule has 0 unspecified atom stereocenters. The van der Waals surface area contributed by atoms with Crippen molar-refractivity contribution in [2.24, 2.45) is 5.41 Å². The first-order valence-electron chi connectivity index (χ1n) is 3.83. The lowest BCUT2D eigenvalue weighted by Gasteiger charge is -2.33. The Morgan fingerprint density at radius 2 is 1.90 bits per heavy atom. The van der Waals surface area contributed by atoms with Crippen LogP contribution < -0.4 is 0 Å². The van der Waals surface area contributed by atoms with Crippen LogP contribution in [0.25, 0.3) is 0 Å². The van der Waals surface area contributed by atoms with Gasteiger partial charge in [0.15, 0.2) is 0 Å². The van der Waals surface area contributed by atoms with Crippen molar-refractivity contribution in [1.82, 2.24) is 4.90 Å². The highest BCUT2D eigenvalue weighted by Crippen LogP contribution is 2.28. The summed E-state index contributed by atoms with van der Waals surface area (Å²) in [4.78, 5) is 2.33. The van der Waals surface area contributed by atoms with E-state index in [9.17, 15) is 0 Å². The molecule has 1 fully saturated rings. The predicted octanol–water partition coefficient (Wildman–Crippen LogP) is 1.35. The van der Waals surface area contributed by atoms with E-state index in [1.807, 2.05) is 0 Å². The minimum atomic E-state index is 0.187. The molecule has 10 heavy (non-hydrogen) atoms. The Labute approximate surface area is 63.4 Å². The molecule has 1 nitrogen and oxygen atoms in total. The fraction of sp³-hybridized carbons (Fsp3) is 0.778. The molecule has 1 rings (SSSR count). The van der Waals surface area contributed by atoms with Crippen LogP contribution in [0.4, 0.5) is 0 Å². The smallest absolute Gasteiger partial charge is 0.0308 e. The van der Waals surface area contributed by atoms with Gasteiger partial charge in [-0.15, -0.1) is 12.3 Å². The highest BCUT2D eigenvalue weighted by atomic mass is 15.1. The quantitative estimate of drug-likeness (QED) is 0.455. The second kappa shape index (κ2) is 2.64. The third kappa shape index (κ3) is 1.52. The molecule has 0 spiro atoms. The lowest BCUT2D eigenvalue weighted by atomic mass is 9.82. The Bertz CT molecular complexity index is 147. The molecule has 0 bridgehead atoms. The van der Waals surface area contributed by atoms with E-state index in [1.165, 1.54) is 0 Å². The first-order chi connectivity index (χ1) is 4.66. The predicted molar refractivity (Wildman–Crippen MR) is 43.7 cm³/mol. The Balaban J connectivity index is 2.48. The minimum Gasteiger partial charge on any atom is -0.306 e. The summed E-state index contributed by atoms with van der Waals surface area (Å²) in [6.45, 7) is 4.49. The van der Waals surface area contributed by atoms with Crippen LogP contribution in [0.1, 0.15) is 19.8 Å². The number of rotatable bonds is 0. The van der Waals surface area contributed by atoms with Gasteiger partial charge in [-0.05, 0) is 39.9 Å². The van der Waals surface area contributed by atoms with Gasteiger partial charge in [0.05, 0.1) is 0 Å². The van der Waals surface area contributed by atoms with E-state index in [0.717, 1.165) is 25.9 Å². The van der Waals surface area contributed by atoms with Gasteiger partial charge < -0.3 is 4.90 Å². The van der Waals surface area contributed by atoms with Crippen molar-refractivity contribution in [2.45, 2.75) is 19.8 Å². The maximum Gasteiger partial charge on any atom is 0.0308 e. The molecule has 0 amide bonds. The summed E-state index contributed by atoms with van der Waals surface area (Å²) < 4.78 is 0. The molecule has 1 heterocycles. The van der Waals surface area contributed by atoms with Gasteiger partial charge in [-0.3, -0.25) is 0 Å². The topological polar surface area (TPSA) is 3.24 Å². The standard InChI is InChI=1S/C9H15N/c1-4-9(2)5-7-10(3)8-6-9/h1H,5-8H2,2-3H3. The molecule has 0 aliphatic carbocycles. The molecule has 0 atom stereocenters. The molecule has 0 aromatic heterocycles. The Morgan fingerprint density at radius 3 is 2.30 bits per heavy atom. The zero-order valence-corrected chi connectivity index (χ0v) is 6.85. The maximum atomic E-state index is 5.41. The number of hydrogen-bond donors (Lipinski definition) is 0. The minimum absolute atomic E-state index is 0.187. The van der Waals surface area contributed by atoms with E-state index in [0.29, 0.717) is 0 Å². The molecule has 1 aliphatic rings. The fourth-order valence-corrected chi connectivity index (χ4v) is 1.26. The first-order valence-corrected chi connectivity index (χ1v) is 3.83. The van der Waals surface area contributed by atoms with E-state index in [1.54, 1.807) is 0 Å². The lowest BCUT2D eigenvalue weighted by Crippen LogP contribution is -2.35. The SMILES string of the molecule is C#CC1(C)CCN(C)CC1. The number of piperidine rings is 1. The third-order valence-electron chi connectivity index (χ3n) is 2.44. The average molecular weight is 137 g/mol. The van der Waals surface area contributed by atoms with Gasteiger partial charge in [0.25, 0.3) is 0 Å². The number of terminal acetylenes is 1. The zero-order valence-electron chi connectivity index (χ0n) is 6.85. The van der Waals surface area contributed by atoms with Crippen molar-refractivity contribution in [3.8, 4) is 12.3 Å². The molecule has 56 valence electrons. The Morgan fingerprint density at radius 1 is 1.40 bits per heavy atom. The molecule has 0 radical (unpaired) electrons. The maximum absolute atomic E-state index is 5.41. The second-order valence-corrected chi connectivity index (χ2v) is 3.51. The third-order valence-corrected chi connectivity index (χ3v) is 2.44. The molecular weight excluding hydrogens is 122 g/mol.